The Morgan fingerprint density at radius 1 is 1.38 bits per heavy atom. The molecule has 0 aliphatic heterocycles. The van der Waals surface area contributed by atoms with Crippen LogP contribution in [0.3, 0.4) is 0 Å². The molecule has 2 atom stereocenters. The number of benzene rings is 1. The Morgan fingerprint density at radius 3 is 2.69 bits per heavy atom. The standard InChI is InChI=1S/C13H21NOS/c1-11-6-4-5-7-13(11)10-14-9-8-12(2)16(3)15/h4-7,12,14H,8-10H2,1-3H3. The highest BCUT2D eigenvalue weighted by atomic mass is 32.2. The summed E-state index contributed by atoms with van der Waals surface area (Å²) in [6, 6.07) is 8.39. The molecule has 0 fully saturated rings. The van der Waals surface area contributed by atoms with Gasteiger partial charge in [0, 0.05) is 28.9 Å². The predicted molar refractivity (Wildman–Crippen MR) is 71.0 cm³/mol. The molecule has 0 spiro atoms. The van der Waals surface area contributed by atoms with Gasteiger partial charge in [-0.3, -0.25) is 4.21 Å². The maximum absolute atomic E-state index is 11.1. The Hall–Kier alpha value is -0.670. The normalized spacial score (nSPS) is 14.7. The van der Waals surface area contributed by atoms with E-state index in [-0.39, 0.29) is 5.25 Å². The summed E-state index contributed by atoms with van der Waals surface area (Å²) in [4.78, 5) is 0. The average molecular weight is 239 g/mol. The molecule has 0 aliphatic carbocycles. The monoisotopic (exact) mass is 239 g/mol. The molecule has 0 aromatic heterocycles. The minimum atomic E-state index is -0.703. The first-order valence-corrected chi connectivity index (χ1v) is 7.31. The van der Waals surface area contributed by atoms with Crippen LogP contribution >= 0.6 is 0 Å². The van der Waals surface area contributed by atoms with Gasteiger partial charge in [-0.25, -0.2) is 0 Å². The van der Waals surface area contributed by atoms with Crippen molar-refractivity contribution in [3.63, 3.8) is 0 Å². The fraction of sp³-hybridized carbons (Fsp3) is 0.538. The quantitative estimate of drug-likeness (QED) is 0.771. The van der Waals surface area contributed by atoms with E-state index in [9.17, 15) is 4.21 Å². The molecule has 0 saturated heterocycles. The van der Waals surface area contributed by atoms with Crippen LogP contribution in [0.25, 0.3) is 0 Å². The van der Waals surface area contributed by atoms with E-state index in [1.165, 1.54) is 11.1 Å². The van der Waals surface area contributed by atoms with Gasteiger partial charge in [0.2, 0.25) is 0 Å². The molecule has 3 heteroatoms. The molecule has 0 bridgehead atoms. The van der Waals surface area contributed by atoms with Crippen molar-refractivity contribution in [2.24, 2.45) is 0 Å². The highest BCUT2D eigenvalue weighted by Gasteiger charge is 2.04. The van der Waals surface area contributed by atoms with Crippen molar-refractivity contribution in [1.29, 1.82) is 0 Å². The second-order valence-corrected chi connectivity index (χ2v) is 6.00. The number of rotatable bonds is 6. The van der Waals surface area contributed by atoms with Gasteiger partial charge < -0.3 is 5.32 Å². The summed E-state index contributed by atoms with van der Waals surface area (Å²) in [6.07, 6.45) is 2.74. The zero-order chi connectivity index (χ0) is 12.0. The molecule has 1 aromatic carbocycles. The van der Waals surface area contributed by atoms with E-state index in [2.05, 4.69) is 36.5 Å². The molecule has 0 radical (unpaired) electrons. The lowest BCUT2D eigenvalue weighted by Crippen LogP contribution is -2.21. The Bertz CT molecular complexity index is 352. The lowest BCUT2D eigenvalue weighted by atomic mass is 10.1. The van der Waals surface area contributed by atoms with Crippen molar-refractivity contribution >= 4 is 10.8 Å². The molecule has 0 saturated carbocycles. The molecule has 1 aromatic rings. The Labute approximate surface area is 101 Å². The van der Waals surface area contributed by atoms with Gasteiger partial charge in [-0.15, -0.1) is 0 Å². The predicted octanol–water partition coefficient (Wildman–Crippen LogP) is 2.24. The smallest absolute Gasteiger partial charge is 0.0329 e. The Morgan fingerprint density at radius 2 is 2.06 bits per heavy atom. The van der Waals surface area contributed by atoms with Crippen LogP contribution in [0, 0.1) is 6.92 Å². The lowest BCUT2D eigenvalue weighted by Gasteiger charge is -2.10. The van der Waals surface area contributed by atoms with Crippen LogP contribution in [0.15, 0.2) is 24.3 Å². The molecule has 2 unspecified atom stereocenters. The highest BCUT2D eigenvalue weighted by molar-refractivity contribution is 7.84. The van der Waals surface area contributed by atoms with Gasteiger partial charge in [-0.2, -0.15) is 0 Å². The molecule has 0 aliphatic rings. The van der Waals surface area contributed by atoms with Crippen LogP contribution in [-0.4, -0.2) is 22.3 Å². The summed E-state index contributed by atoms with van der Waals surface area (Å²) >= 11 is 0. The van der Waals surface area contributed by atoms with Crippen LogP contribution < -0.4 is 5.32 Å². The van der Waals surface area contributed by atoms with Crippen LogP contribution in [0.4, 0.5) is 0 Å². The van der Waals surface area contributed by atoms with Crippen LogP contribution in [0.2, 0.25) is 0 Å². The van der Waals surface area contributed by atoms with Gasteiger partial charge in [0.25, 0.3) is 0 Å². The van der Waals surface area contributed by atoms with E-state index < -0.39 is 10.8 Å². The number of hydrogen-bond acceptors (Lipinski definition) is 2. The van der Waals surface area contributed by atoms with E-state index in [1.807, 2.05) is 6.92 Å². The molecule has 2 nitrogen and oxygen atoms in total. The largest absolute Gasteiger partial charge is 0.313 e. The van der Waals surface area contributed by atoms with Crippen molar-refractivity contribution in [2.45, 2.75) is 32.1 Å². The first-order chi connectivity index (χ1) is 7.61. The third-order valence-electron chi connectivity index (χ3n) is 2.87. The maximum Gasteiger partial charge on any atom is 0.0329 e. The molecule has 16 heavy (non-hydrogen) atoms. The number of nitrogens with one attached hydrogen (secondary N) is 1. The third-order valence-corrected chi connectivity index (χ3v) is 4.24. The minimum Gasteiger partial charge on any atom is -0.313 e. The topological polar surface area (TPSA) is 29.1 Å². The van der Waals surface area contributed by atoms with E-state index in [0.29, 0.717) is 0 Å². The number of hydrogen-bond donors (Lipinski definition) is 1. The van der Waals surface area contributed by atoms with E-state index in [1.54, 1.807) is 6.26 Å². The highest BCUT2D eigenvalue weighted by Crippen LogP contribution is 2.06. The van der Waals surface area contributed by atoms with Crippen molar-refractivity contribution in [3.8, 4) is 0 Å². The summed E-state index contributed by atoms with van der Waals surface area (Å²) in [5.74, 6) is 0. The Kier molecular flexibility index (Phi) is 5.71. The fourth-order valence-corrected chi connectivity index (χ4v) is 1.95. The van der Waals surface area contributed by atoms with Gasteiger partial charge in [-0.05, 0) is 31.0 Å². The summed E-state index contributed by atoms with van der Waals surface area (Å²) < 4.78 is 11.1. The van der Waals surface area contributed by atoms with E-state index in [0.717, 1.165) is 19.5 Å². The minimum absolute atomic E-state index is 0.282. The van der Waals surface area contributed by atoms with E-state index in [4.69, 9.17) is 0 Å². The summed E-state index contributed by atoms with van der Waals surface area (Å²) in [7, 11) is -0.703. The third kappa shape index (κ3) is 4.45. The van der Waals surface area contributed by atoms with Gasteiger partial charge in [0.05, 0.1) is 0 Å². The van der Waals surface area contributed by atoms with Crippen molar-refractivity contribution in [3.05, 3.63) is 35.4 Å². The second-order valence-electron chi connectivity index (χ2n) is 4.20. The summed E-state index contributed by atoms with van der Waals surface area (Å²) in [6.45, 7) is 5.98. The first kappa shape index (κ1) is 13.4. The SMILES string of the molecule is Cc1ccccc1CNCCC(C)S(C)=O. The van der Waals surface area contributed by atoms with Crippen LogP contribution in [-0.2, 0) is 17.3 Å². The van der Waals surface area contributed by atoms with Crippen LogP contribution in [0.1, 0.15) is 24.5 Å². The van der Waals surface area contributed by atoms with E-state index >= 15 is 0 Å². The molecule has 0 heterocycles. The second kappa shape index (κ2) is 6.81. The first-order valence-electron chi connectivity index (χ1n) is 5.68. The molecular formula is C13H21NOS. The van der Waals surface area contributed by atoms with Crippen molar-refractivity contribution in [2.75, 3.05) is 12.8 Å². The molecule has 90 valence electrons. The maximum atomic E-state index is 11.1. The zero-order valence-electron chi connectivity index (χ0n) is 10.3. The summed E-state index contributed by atoms with van der Waals surface area (Å²) in [5, 5.41) is 3.68. The molecular weight excluding hydrogens is 218 g/mol. The molecule has 0 amide bonds. The van der Waals surface area contributed by atoms with Crippen molar-refractivity contribution in [1.82, 2.24) is 5.32 Å². The van der Waals surface area contributed by atoms with Gasteiger partial charge in [-0.1, -0.05) is 31.2 Å². The average Bonchev–Trinajstić information content (AvgIpc) is 2.26. The Balaban J connectivity index is 2.26. The number of aryl methyl sites for hydroxylation is 1. The van der Waals surface area contributed by atoms with Crippen molar-refractivity contribution < 1.29 is 4.21 Å². The van der Waals surface area contributed by atoms with Gasteiger partial charge in [0.1, 0.15) is 0 Å². The van der Waals surface area contributed by atoms with Gasteiger partial charge >= 0.3 is 0 Å². The molecule has 1 rings (SSSR count). The fourth-order valence-electron chi connectivity index (χ4n) is 1.50. The van der Waals surface area contributed by atoms with Gasteiger partial charge in [0.15, 0.2) is 0 Å². The summed E-state index contributed by atoms with van der Waals surface area (Å²) in [5.41, 5.74) is 2.66. The van der Waals surface area contributed by atoms with Crippen LogP contribution in [0.5, 0.6) is 0 Å². The zero-order valence-corrected chi connectivity index (χ0v) is 11.1. The lowest BCUT2D eigenvalue weighted by molar-refractivity contribution is 0.628. The molecule has 1 N–H and O–H groups in total.